The third-order valence-electron chi connectivity index (χ3n) is 4.83. The first-order valence-electron chi connectivity index (χ1n) is 8.62. The first kappa shape index (κ1) is 15.9. The molecule has 3 heterocycles. The van der Waals surface area contributed by atoms with E-state index in [1.54, 1.807) is 6.33 Å². The zero-order chi connectivity index (χ0) is 17.2. The Kier molecular flexibility index (Phi) is 4.28. The quantitative estimate of drug-likeness (QED) is 0.795. The van der Waals surface area contributed by atoms with Crippen molar-refractivity contribution in [2.45, 2.75) is 31.5 Å². The molecule has 1 N–H and O–H groups in total. The third kappa shape index (κ3) is 3.30. The fraction of sp³-hybridized carbons (Fsp3) is 0.368. The summed E-state index contributed by atoms with van der Waals surface area (Å²) in [5.41, 5.74) is 2.13. The summed E-state index contributed by atoms with van der Waals surface area (Å²) >= 11 is 0. The molecule has 3 aromatic rings. The van der Waals surface area contributed by atoms with Crippen LogP contribution >= 0.6 is 0 Å². The minimum Gasteiger partial charge on any atom is -0.372 e. The minimum atomic E-state index is -0.0149. The zero-order valence-corrected chi connectivity index (χ0v) is 14.3. The van der Waals surface area contributed by atoms with Gasteiger partial charge >= 0.3 is 0 Å². The number of ether oxygens (including phenoxy) is 1. The molecular formula is C19H22N4O2. The Morgan fingerprint density at radius 1 is 1.36 bits per heavy atom. The molecule has 0 unspecified atom stereocenters. The Bertz CT molecular complexity index is 882. The number of fused-ring (bicyclic) bond motifs is 1. The highest BCUT2D eigenvalue weighted by Crippen LogP contribution is 2.27. The van der Waals surface area contributed by atoms with Crippen LogP contribution in [0, 0.1) is 0 Å². The molecule has 130 valence electrons. The van der Waals surface area contributed by atoms with E-state index in [1.165, 1.54) is 0 Å². The van der Waals surface area contributed by atoms with Crippen LogP contribution in [0.3, 0.4) is 0 Å². The van der Waals surface area contributed by atoms with E-state index in [9.17, 15) is 4.79 Å². The summed E-state index contributed by atoms with van der Waals surface area (Å²) in [6, 6.07) is 10.3. The summed E-state index contributed by atoms with van der Waals surface area (Å²) in [5, 5.41) is 4.31. The lowest BCUT2D eigenvalue weighted by Gasteiger charge is -2.30. The van der Waals surface area contributed by atoms with E-state index >= 15 is 0 Å². The standard InChI is InChI=1S/C19H22N4O2/c1-22-13-20-11-17(22)18-10-15(7-9-25-18)21-19(24)12-23-8-6-14-4-2-3-5-16(14)23/h2-6,8,11,13,15,18H,7,9-10,12H2,1H3,(H,21,24)/t15-,18-/m0/s1. The molecule has 2 aromatic heterocycles. The van der Waals surface area contributed by atoms with Gasteiger partial charge in [-0.25, -0.2) is 4.98 Å². The van der Waals surface area contributed by atoms with Gasteiger partial charge in [0.1, 0.15) is 12.6 Å². The van der Waals surface area contributed by atoms with Crippen molar-refractivity contribution in [1.29, 1.82) is 0 Å². The van der Waals surface area contributed by atoms with Crippen molar-refractivity contribution in [3.63, 3.8) is 0 Å². The number of para-hydroxylation sites is 1. The van der Waals surface area contributed by atoms with Crippen molar-refractivity contribution in [1.82, 2.24) is 19.4 Å². The van der Waals surface area contributed by atoms with Gasteiger partial charge in [-0.15, -0.1) is 0 Å². The van der Waals surface area contributed by atoms with Gasteiger partial charge in [0, 0.05) is 31.4 Å². The summed E-state index contributed by atoms with van der Waals surface area (Å²) in [4.78, 5) is 16.6. The fourth-order valence-electron chi connectivity index (χ4n) is 3.52. The highest BCUT2D eigenvalue weighted by atomic mass is 16.5. The largest absolute Gasteiger partial charge is 0.372 e. The van der Waals surface area contributed by atoms with Crippen LogP contribution in [0.2, 0.25) is 0 Å². The molecule has 1 fully saturated rings. The molecule has 1 amide bonds. The predicted octanol–water partition coefficient (Wildman–Crippen LogP) is 2.41. The lowest BCUT2D eigenvalue weighted by atomic mass is 10.0. The van der Waals surface area contributed by atoms with E-state index in [0.29, 0.717) is 13.2 Å². The first-order valence-corrected chi connectivity index (χ1v) is 8.62. The van der Waals surface area contributed by atoms with E-state index in [0.717, 1.165) is 29.4 Å². The second-order valence-electron chi connectivity index (χ2n) is 6.58. The molecule has 1 saturated heterocycles. The molecule has 0 spiro atoms. The Hall–Kier alpha value is -2.60. The molecule has 1 aromatic carbocycles. The molecule has 0 saturated carbocycles. The van der Waals surface area contributed by atoms with Crippen LogP contribution in [0.15, 0.2) is 49.1 Å². The van der Waals surface area contributed by atoms with Crippen molar-refractivity contribution in [2.24, 2.45) is 7.05 Å². The molecule has 6 nitrogen and oxygen atoms in total. The summed E-state index contributed by atoms with van der Waals surface area (Å²) < 4.78 is 9.82. The maximum Gasteiger partial charge on any atom is 0.240 e. The number of benzene rings is 1. The van der Waals surface area contributed by atoms with Gasteiger partial charge in [0.25, 0.3) is 0 Å². The maximum absolute atomic E-state index is 12.5. The average molecular weight is 338 g/mol. The van der Waals surface area contributed by atoms with Crippen LogP contribution in [0.5, 0.6) is 0 Å². The molecule has 0 radical (unpaired) electrons. The van der Waals surface area contributed by atoms with Crippen LogP contribution in [0.4, 0.5) is 0 Å². The number of aromatic nitrogens is 3. The van der Waals surface area contributed by atoms with Crippen molar-refractivity contribution in [3.8, 4) is 0 Å². The van der Waals surface area contributed by atoms with E-state index in [2.05, 4.69) is 16.4 Å². The lowest BCUT2D eigenvalue weighted by Crippen LogP contribution is -2.41. The van der Waals surface area contributed by atoms with Crippen LogP contribution in [-0.2, 0) is 23.1 Å². The molecule has 4 rings (SSSR count). The molecule has 25 heavy (non-hydrogen) atoms. The van der Waals surface area contributed by atoms with Gasteiger partial charge in [-0.3, -0.25) is 4.79 Å². The molecule has 0 bridgehead atoms. The number of nitrogens with zero attached hydrogens (tertiary/aromatic N) is 3. The van der Waals surface area contributed by atoms with Crippen LogP contribution in [-0.4, -0.2) is 32.7 Å². The van der Waals surface area contributed by atoms with E-state index in [-0.39, 0.29) is 18.1 Å². The Labute approximate surface area is 146 Å². The second-order valence-corrected chi connectivity index (χ2v) is 6.58. The summed E-state index contributed by atoms with van der Waals surface area (Å²) in [5.74, 6) is 0.0389. The number of hydrogen-bond donors (Lipinski definition) is 1. The van der Waals surface area contributed by atoms with E-state index < -0.39 is 0 Å². The van der Waals surface area contributed by atoms with Gasteiger partial charge in [-0.05, 0) is 30.4 Å². The van der Waals surface area contributed by atoms with Gasteiger partial charge in [-0.1, -0.05) is 18.2 Å². The highest BCUT2D eigenvalue weighted by molar-refractivity contribution is 5.83. The Balaban J connectivity index is 1.40. The second kappa shape index (κ2) is 6.72. The Morgan fingerprint density at radius 2 is 2.24 bits per heavy atom. The smallest absolute Gasteiger partial charge is 0.240 e. The number of imidazole rings is 1. The topological polar surface area (TPSA) is 61.1 Å². The zero-order valence-electron chi connectivity index (χ0n) is 14.3. The van der Waals surface area contributed by atoms with Gasteiger partial charge in [0.05, 0.1) is 18.2 Å². The molecular weight excluding hydrogens is 316 g/mol. The molecule has 6 heteroatoms. The number of hydrogen-bond acceptors (Lipinski definition) is 3. The number of carbonyl (C=O) groups excluding carboxylic acids is 1. The summed E-state index contributed by atoms with van der Waals surface area (Å²) in [6.07, 6.45) is 7.18. The number of carbonyl (C=O) groups is 1. The maximum atomic E-state index is 12.5. The van der Waals surface area contributed by atoms with E-state index in [4.69, 9.17) is 4.74 Å². The Morgan fingerprint density at radius 3 is 3.08 bits per heavy atom. The number of rotatable bonds is 4. The average Bonchev–Trinajstić information content (AvgIpc) is 3.22. The normalized spacial score (nSPS) is 20.7. The van der Waals surface area contributed by atoms with Crippen LogP contribution in [0.25, 0.3) is 10.9 Å². The monoisotopic (exact) mass is 338 g/mol. The predicted molar refractivity (Wildman–Crippen MR) is 95.0 cm³/mol. The number of amides is 1. The van der Waals surface area contributed by atoms with Crippen molar-refractivity contribution < 1.29 is 9.53 Å². The summed E-state index contributed by atoms with van der Waals surface area (Å²) in [6.45, 7) is 0.981. The first-order chi connectivity index (χ1) is 12.2. The van der Waals surface area contributed by atoms with Crippen LogP contribution in [0.1, 0.15) is 24.6 Å². The summed E-state index contributed by atoms with van der Waals surface area (Å²) in [7, 11) is 1.96. The van der Waals surface area contributed by atoms with Gasteiger partial charge in [-0.2, -0.15) is 0 Å². The van der Waals surface area contributed by atoms with Crippen molar-refractivity contribution in [3.05, 3.63) is 54.7 Å². The number of aryl methyl sites for hydroxylation is 1. The molecule has 2 atom stereocenters. The van der Waals surface area contributed by atoms with Gasteiger partial charge in [0.2, 0.25) is 5.91 Å². The van der Waals surface area contributed by atoms with Crippen molar-refractivity contribution in [2.75, 3.05) is 6.61 Å². The SMILES string of the molecule is Cn1cncc1[C@@H]1C[C@@H](NC(=O)Cn2ccc3ccccc32)CCO1. The molecule has 0 aliphatic carbocycles. The molecule has 1 aliphatic heterocycles. The highest BCUT2D eigenvalue weighted by Gasteiger charge is 2.26. The van der Waals surface area contributed by atoms with Crippen molar-refractivity contribution >= 4 is 16.8 Å². The van der Waals surface area contributed by atoms with Gasteiger partial charge < -0.3 is 19.2 Å². The minimum absolute atomic E-state index is 0.0149. The number of nitrogens with one attached hydrogen (secondary N) is 1. The van der Waals surface area contributed by atoms with E-state index in [1.807, 2.05) is 52.8 Å². The van der Waals surface area contributed by atoms with Crippen LogP contribution < -0.4 is 5.32 Å². The van der Waals surface area contributed by atoms with Gasteiger partial charge in [0.15, 0.2) is 0 Å². The lowest BCUT2D eigenvalue weighted by molar-refractivity contribution is -0.123. The third-order valence-corrected chi connectivity index (χ3v) is 4.83. The fourth-order valence-corrected chi connectivity index (χ4v) is 3.52. The molecule has 1 aliphatic rings.